The highest BCUT2D eigenvalue weighted by molar-refractivity contribution is 5.92. The van der Waals surface area contributed by atoms with Crippen LogP contribution in [0.1, 0.15) is 0 Å². The van der Waals surface area contributed by atoms with E-state index in [1.807, 2.05) is 4.90 Å². The first-order chi connectivity index (χ1) is 11.6. The van der Waals surface area contributed by atoms with Gasteiger partial charge < -0.3 is 10.2 Å². The van der Waals surface area contributed by atoms with Gasteiger partial charge in [0.25, 0.3) is 0 Å². The Hall–Kier alpha value is -2.61. The molecule has 6 nitrogen and oxygen atoms in total. The molecule has 0 unspecified atom stereocenters. The summed E-state index contributed by atoms with van der Waals surface area (Å²) in [5.74, 6) is -0.968. The van der Waals surface area contributed by atoms with Gasteiger partial charge >= 0.3 is 0 Å². The van der Waals surface area contributed by atoms with Crippen LogP contribution in [0.4, 0.5) is 20.3 Å². The van der Waals surface area contributed by atoms with Crippen LogP contribution in [0.5, 0.6) is 0 Å². The second kappa shape index (κ2) is 7.31. The predicted molar refractivity (Wildman–Crippen MR) is 85.7 cm³/mol. The standard InChI is InChI=1S/C16H17F2N5O/c17-12-1-2-14(13(18)9-12)21-16(24)11-22-5-7-23(8-6-22)15-10-19-3-4-20-15/h1-4,9-10H,5-8,11H2,(H,21,24). The number of nitrogens with zero attached hydrogens (tertiary/aromatic N) is 4. The summed E-state index contributed by atoms with van der Waals surface area (Å²) in [6.45, 7) is 3.00. The predicted octanol–water partition coefficient (Wildman–Crippen LogP) is 1.52. The summed E-state index contributed by atoms with van der Waals surface area (Å²) >= 11 is 0. The van der Waals surface area contributed by atoms with Crippen LogP contribution < -0.4 is 10.2 Å². The molecule has 1 amide bonds. The second-order valence-electron chi connectivity index (χ2n) is 5.50. The lowest BCUT2D eigenvalue weighted by atomic mass is 10.2. The topological polar surface area (TPSA) is 61.4 Å². The zero-order chi connectivity index (χ0) is 16.9. The van der Waals surface area contributed by atoms with Gasteiger partial charge in [-0.25, -0.2) is 13.8 Å². The van der Waals surface area contributed by atoms with E-state index in [-0.39, 0.29) is 18.1 Å². The Labute approximate surface area is 138 Å². The van der Waals surface area contributed by atoms with Crippen molar-refractivity contribution < 1.29 is 13.6 Å². The van der Waals surface area contributed by atoms with Crippen molar-refractivity contribution in [3.05, 3.63) is 48.4 Å². The number of hydrogen-bond donors (Lipinski definition) is 1. The molecule has 0 aliphatic carbocycles. The Morgan fingerprint density at radius 3 is 2.62 bits per heavy atom. The van der Waals surface area contributed by atoms with Gasteiger partial charge in [-0.3, -0.25) is 14.7 Å². The van der Waals surface area contributed by atoms with Gasteiger partial charge in [-0.15, -0.1) is 0 Å². The van der Waals surface area contributed by atoms with Gasteiger partial charge in [-0.1, -0.05) is 0 Å². The Morgan fingerprint density at radius 1 is 1.17 bits per heavy atom. The minimum atomic E-state index is -0.782. The van der Waals surface area contributed by atoms with E-state index in [9.17, 15) is 13.6 Å². The molecule has 24 heavy (non-hydrogen) atoms. The third kappa shape index (κ3) is 4.02. The summed E-state index contributed by atoms with van der Waals surface area (Å²) in [6, 6.07) is 3.07. The quantitative estimate of drug-likeness (QED) is 0.919. The molecule has 0 saturated carbocycles. The van der Waals surface area contributed by atoms with Crippen LogP contribution in [0.3, 0.4) is 0 Å². The van der Waals surface area contributed by atoms with E-state index >= 15 is 0 Å². The highest BCUT2D eigenvalue weighted by Crippen LogP contribution is 2.15. The monoisotopic (exact) mass is 333 g/mol. The van der Waals surface area contributed by atoms with Crippen molar-refractivity contribution >= 4 is 17.4 Å². The van der Waals surface area contributed by atoms with Crippen molar-refractivity contribution in [3.63, 3.8) is 0 Å². The summed E-state index contributed by atoms with van der Waals surface area (Å²) in [6.07, 6.45) is 4.98. The summed E-state index contributed by atoms with van der Waals surface area (Å²) in [5, 5.41) is 2.47. The fourth-order valence-corrected chi connectivity index (χ4v) is 2.57. The molecule has 1 fully saturated rings. The number of piperazine rings is 1. The number of rotatable bonds is 4. The highest BCUT2D eigenvalue weighted by Gasteiger charge is 2.20. The largest absolute Gasteiger partial charge is 0.353 e. The lowest BCUT2D eigenvalue weighted by molar-refractivity contribution is -0.117. The number of nitrogens with one attached hydrogen (secondary N) is 1. The van der Waals surface area contributed by atoms with Gasteiger partial charge in [-0.2, -0.15) is 0 Å². The Morgan fingerprint density at radius 2 is 1.96 bits per heavy atom. The van der Waals surface area contributed by atoms with Crippen LogP contribution in [0, 0.1) is 11.6 Å². The molecule has 1 N–H and O–H groups in total. The smallest absolute Gasteiger partial charge is 0.238 e. The number of aromatic nitrogens is 2. The Bertz CT molecular complexity index is 705. The molecule has 0 atom stereocenters. The van der Waals surface area contributed by atoms with Crippen molar-refractivity contribution in [1.29, 1.82) is 0 Å². The zero-order valence-corrected chi connectivity index (χ0v) is 13.0. The summed E-state index contributed by atoms with van der Waals surface area (Å²) in [7, 11) is 0. The van der Waals surface area contributed by atoms with E-state index in [0.717, 1.165) is 31.0 Å². The fraction of sp³-hybridized carbons (Fsp3) is 0.312. The number of anilines is 2. The number of hydrogen-bond acceptors (Lipinski definition) is 5. The molecule has 8 heteroatoms. The van der Waals surface area contributed by atoms with Crippen LogP contribution >= 0.6 is 0 Å². The Kier molecular flexibility index (Phi) is 4.95. The third-order valence-electron chi connectivity index (χ3n) is 3.82. The molecule has 0 spiro atoms. The first-order valence-corrected chi connectivity index (χ1v) is 7.60. The van der Waals surface area contributed by atoms with Gasteiger partial charge in [-0.05, 0) is 12.1 Å². The van der Waals surface area contributed by atoms with Gasteiger partial charge in [0.2, 0.25) is 5.91 Å². The van der Waals surface area contributed by atoms with Crippen molar-refractivity contribution in [2.45, 2.75) is 0 Å². The molecule has 0 bridgehead atoms. The fourth-order valence-electron chi connectivity index (χ4n) is 2.57. The van der Waals surface area contributed by atoms with Crippen molar-refractivity contribution in [3.8, 4) is 0 Å². The molecule has 1 aliphatic rings. The van der Waals surface area contributed by atoms with E-state index in [1.54, 1.807) is 18.6 Å². The molecule has 1 saturated heterocycles. The molecule has 1 aromatic carbocycles. The molecule has 1 aromatic heterocycles. The third-order valence-corrected chi connectivity index (χ3v) is 3.82. The van der Waals surface area contributed by atoms with Crippen LogP contribution in [-0.2, 0) is 4.79 Å². The van der Waals surface area contributed by atoms with Gasteiger partial charge in [0.15, 0.2) is 0 Å². The average molecular weight is 333 g/mol. The normalized spacial score (nSPS) is 15.3. The lowest BCUT2D eigenvalue weighted by Gasteiger charge is -2.34. The van der Waals surface area contributed by atoms with Gasteiger partial charge in [0.05, 0.1) is 18.4 Å². The van der Waals surface area contributed by atoms with E-state index in [0.29, 0.717) is 13.1 Å². The van der Waals surface area contributed by atoms with E-state index in [4.69, 9.17) is 0 Å². The van der Waals surface area contributed by atoms with Gasteiger partial charge in [0, 0.05) is 44.6 Å². The molecule has 3 rings (SSSR count). The van der Waals surface area contributed by atoms with Crippen molar-refractivity contribution in [2.75, 3.05) is 42.9 Å². The van der Waals surface area contributed by atoms with Crippen LogP contribution in [0.25, 0.3) is 0 Å². The van der Waals surface area contributed by atoms with E-state index < -0.39 is 11.6 Å². The van der Waals surface area contributed by atoms with Gasteiger partial charge in [0.1, 0.15) is 17.5 Å². The Balaban J connectivity index is 1.50. The minimum Gasteiger partial charge on any atom is -0.353 e. The lowest BCUT2D eigenvalue weighted by Crippen LogP contribution is -2.49. The first kappa shape index (κ1) is 16.3. The van der Waals surface area contributed by atoms with E-state index in [2.05, 4.69) is 20.2 Å². The summed E-state index contributed by atoms with van der Waals surface area (Å²) in [5.41, 5.74) is -0.0143. The van der Waals surface area contributed by atoms with E-state index in [1.165, 1.54) is 6.07 Å². The maximum atomic E-state index is 13.5. The average Bonchev–Trinajstić information content (AvgIpc) is 2.59. The van der Waals surface area contributed by atoms with Crippen molar-refractivity contribution in [2.24, 2.45) is 0 Å². The number of amides is 1. The SMILES string of the molecule is O=C(CN1CCN(c2cnccn2)CC1)Nc1ccc(F)cc1F. The zero-order valence-electron chi connectivity index (χ0n) is 13.0. The molecular weight excluding hydrogens is 316 g/mol. The number of benzene rings is 1. The second-order valence-corrected chi connectivity index (χ2v) is 5.50. The molecule has 2 aromatic rings. The maximum absolute atomic E-state index is 13.5. The summed E-state index contributed by atoms with van der Waals surface area (Å²) < 4.78 is 26.4. The van der Waals surface area contributed by atoms with Crippen LogP contribution in [-0.4, -0.2) is 53.5 Å². The molecule has 0 radical (unpaired) electrons. The maximum Gasteiger partial charge on any atom is 0.238 e. The molecular formula is C16H17F2N5O. The number of halogens is 2. The molecule has 2 heterocycles. The highest BCUT2D eigenvalue weighted by atomic mass is 19.1. The first-order valence-electron chi connectivity index (χ1n) is 7.60. The number of carbonyl (C=O) groups is 1. The van der Waals surface area contributed by atoms with Crippen LogP contribution in [0.2, 0.25) is 0 Å². The molecule has 1 aliphatic heterocycles. The number of carbonyl (C=O) groups excluding carboxylic acids is 1. The van der Waals surface area contributed by atoms with Crippen LogP contribution in [0.15, 0.2) is 36.8 Å². The van der Waals surface area contributed by atoms with Crippen molar-refractivity contribution in [1.82, 2.24) is 14.9 Å². The molecule has 126 valence electrons. The summed E-state index contributed by atoms with van der Waals surface area (Å²) in [4.78, 5) is 24.4. The minimum absolute atomic E-state index is 0.0143.